The number of rotatable bonds is 2. The molecule has 78 valence electrons. The summed E-state index contributed by atoms with van der Waals surface area (Å²) in [6.45, 7) is 0. The smallest absolute Gasteiger partial charge is 0.354 e. The Balaban J connectivity index is 2.43. The van der Waals surface area contributed by atoms with Gasteiger partial charge in [0.1, 0.15) is 11.8 Å². The molecule has 0 amide bonds. The van der Waals surface area contributed by atoms with Crippen LogP contribution in [0, 0.1) is 11.3 Å². The lowest BCUT2D eigenvalue weighted by Gasteiger charge is -2.02. The first-order valence-corrected chi connectivity index (χ1v) is 4.35. The van der Waals surface area contributed by atoms with Gasteiger partial charge in [-0.1, -0.05) is 0 Å². The first kappa shape index (κ1) is 9.86. The third-order valence-electron chi connectivity index (χ3n) is 1.99. The van der Waals surface area contributed by atoms with Crippen molar-refractivity contribution in [1.29, 1.82) is 5.26 Å². The summed E-state index contributed by atoms with van der Waals surface area (Å²) in [5.74, 6) is -0.859. The van der Waals surface area contributed by atoms with E-state index in [1.165, 1.54) is 23.0 Å². The first-order valence-electron chi connectivity index (χ1n) is 4.35. The summed E-state index contributed by atoms with van der Waals surface area (Å²) in [5, 5.41) is 17.4. The van der Waals surface area contributed by atoms with Gasteiger partial charge in [0.2, 0.25) is 5.82 Å². The van der Waals surface area contributed by atoms with E-state index in [-0.39, 0.29) is 11.5 Å². The number of hydrogen-bond donors (Lipinski definition) is 1. The van der Waals surface area contributed by atoms with E-state index in [0.717, 1.165) is 0 Å². The Bertz CT molecular complexity index is 565. The van der Waals surface area contributed by atoms with E-state index in [4.69, 9.17) is 10.4 Å². The van der Waals surface area contributed by atoms with Gasteiger partial charge in [-0.05, 0) is 12.1 Å². The molecule has 0 unspecified atom stereocenters. The summed E-state index contributed by atoms with van der Waals surface area (Å²) in [6.07, 6.45) is 4.48. The second-order valence-electron chi connectivity index (χ2n) is 2.94. The Kier molecular flexibility index (Phi) is 2.36. The fraction of sp³-hybridized carbons (Fsp3) is 0. The number of aromatic carboxylic acids is 1. The van der Waals surface area contributed by atoms with Crippen molar-refractivity contribution in [3.8, 4) is 11.8 Å². The molecule has 2 aromatic heterocycles. The maximum atomic E-state index is 10.6. The number of carbonyl (C=O) groups is 1. The maximum Gasteiger partial charge on any atom is 0.354 e. The average Bonchev–Trinajstić information content (AvgIpc) is 2.77. The molecule has 0 aliphatic heterocycles. The van der Waals surface area contributed by atoms with Gasteiger partial charge in [-0.15, -0.1) is 0 Å². The van der Waals surface area contributed by atoms with Gasteiger partial charge in [-0.2, -0.15) is 5.26 Å². The topological polar surface area (TPSA) is 91.8 Å². The molecule has 0 aromatic carbocycles. The van der Waals surface area contributed by atoms with Crippen LogP contribution in [-0.2, 0) is 0 Å². The zero-order valence-electron chi connectivity index (χ0n) is 8.03. The Morgan fingerprint density at radius 3 is 2.81 bits per heavy atom. The molecule has 0 bridgehead atoms. The molecular weight excluding hydrogens is 208 g/mol. The van der Waals surface area contributed by atoms with Crippen molar-refractivity contribution in [2.75, 3.05) is 0 Å². The lowest BCUT2D eigenvalue weighted by Crippen LogP contribution is -2.02. The molecule has 0 atom stereocenters. The summed E-state index contributed by atoms with van der Waals surface area (Å²) in [4.78, 5) is 18.2. The zero-order valence-corrected chi connectivity index (χ0v) is 8.03. The van der Waals surface area contributed by atoms with Gasteiger partial charge in [0, 0.05) is 12.4 Å². The van der Waals surface area contributed by atoms with Crippen LogP contribution in [-0.4, -0.2) is 25.6 Å². The fourth-order valence-electron chi connectivity index (χ4n) is 1.25. The van der Waals surface area contributed by atoms with Gasteiger partial charge in [-0.3, -0.25) is 4.57 Å². The number of hydrogen-bond acceptors (Lipinski definition) is 4. The minimum Gasteiger partial charge on any atom is -0.477 e. The van der Waals surface area contributed by atoms with Crippen molar-refractivity contribution in [2.24, 2.45) is 0 Å². The first-order chi connectivity index (χ1) is 7.72. The van der Waals surface area contributed by atoms with Crippen molar-refractivity contribution in [2.45, 2.75) is 0 Å². The van der Waals surface area contributed by atoms with Crippen LogP contribution < -0.4 is 0 Å². The lowest BCUT2D eigenvalue weighted by atomic mass is 10.3. The van der Waals surface area contributed by atoms with Crippen LogP contribution in [0.15, 0.2) is 30.7 Å². The van der Waals surface area contributed by atoms with E-state index in [1.54, 1.807) is 12.3 Å². The van der Waals surface area contributed by atoms with Crippen molar-refractivity contribution in [3.05, 3.63) is 42.2 Å². The molecule has 0 fully saturated rings. The number of nitriles is 1. The molecule has 0 saturated heterocycles. The molecule has 6 nitrogen and oxygen atoms in total. The number of pyridine rings is 1. The van der Waals surface area contributed by atoms with Gasteiger partial charge >= 0.3 is 5.97 Å². The Hall–Kier alpha value is -2.68. The number of aromatic nitrogens is 3. The lowest BCUT2D eigenvalue weighted by molar-refractivity contribution is 0.0690. The molecule has 0 spiro atoms. The summed E-state index contributed by atoms with van der Waals surface area (Å²) in [7, 11) is 0. The van der Waals surface area contributed by atoms with Crippen molar-refractivity contribution < 1.29 is 9.90 Å². The largest absolute Gasteiger partial charge is 0.477 e. The molecule has 0 aliphatic carbocycles. The fourth-order valence-corrected chi connectivity index (χ4v) is 1.25. The number of carboxylic acids is 1. The molecular formula is C10H6N4O2. The molecule has 2 aromatic rings. The van der Waals surface area contributed by atoms with Crippen molar-refractivity contribution in [1.82, 2.24) is 14.5 Å². The number of nitrogens with zero attached hydrogens (tertiary/aromatic N) is 4. The highest BCUT2D eigenvalue weighted by atomic mass is 16.4. The van der Waals surface area contributed by atoms with E-state index < -0.39 is 5.97 Å². The molecule has 0 saturated carbocycles. The highest BCUT2D eigenvalue weighted by Gasteiger charge is 2.07. The van der Waals surface area contributed by atoms with Crippen LogP contribution >= 0.6 is 0 Å². The predicted octanol–water partition coefficient (Wildman–Crippen LogP) is 0.837. The highest BCUT2D eigenvalue weighted by Crippen LogP contribution is 2.09. The van der Waals surface area contributed by atoms with Crippen LogP contribution in [0.25, 0.3) is 5.69 Å². The van der Waals surface area contributed by atoms with Crippen molar-refractivity contribution >= 4 is 5.97 Å². The van der Waals surface area contributed by atoms with Crippen LogP contribution in [0.2, 0.25) is 0 Å². The minimum absolute atomic E-state index is 0.0395. The standard InChI is InChI=1S/C10H6N4O2/c11-5-9-12-3-4-14(9)7-1-2-8(10(15)16)13-6-7/h1-4,6H,(H,15,16). The minimum atomic E-state index is -1.09. The summed E-state index contributed by atoms with van der Waals surface area (Å²) in [6, 6.07) is 4.86. The van der Waals surface area contributed by atoms with E-state index in [2.05, 4.69) is 9.97 Å². The van der Waals surface area contributed by atoms with Crippen LogP contribution in [0.3, 0.4) is 0 Å². The van der Waals surface area contributed by atoms with Crippen LogP contribution in [0.1, 0.15) is 16.3 Å². The molecule has 0 radical (unpaired) electrons. The molecule has 2 rings (SSSR count). The Labute approximate surface area is 90.4 Å². The van der Waals surface area contributed by atoms with Gasteiger partial charge < -0.3 is 5.11 Å². The van der Waals surface area contributed by atoms with Gasteiger partial charge in [0.05, 0.1) is 11.9 Å². The SMILES string of the molecule is N#Cc1nccn1-c1ccc(C(=O)O)nc1. The molecule has 16 heavy (non-hydrogen) atoms. The monoisotopic (exact) mass is 214 g/mol. The zero-order chi connectivity index (χ0) is 11.5. The van der Waals surface area contributed by atoms with Gasteiger partial charge in [0.15, 0.2) is 0 Å². The molecule has 0 aliphatic rings. The van der Waals surface area contributed by atoms with Crippen LogP contribution in [0.4, 0.5) is 0 Å². The molecule has 1 N–H and O–H groups in total. The third-order valence-corrected chi connectivity index (χ3v) is 1.99. The second-order valence-corrected chi connectivity index (χ2v) is 2.94. The predicted molar refractivity (Wildman–Crippen MR) is 53.0 cm³/mol. The quantitative estimate of drug-likeness (QED) is 0.799. The second kappa shape index (κ2) is 3.82. The molecule has 6 heteroatoms. The summed E-state index contributed by atoms with van der Waals surface area (Å²) in [5.41, 5.74) is 0.557. The Morgan fingerprint density at radius 2 is 2.25 bits per heavy atom. The third kappa shape index (κ3) is 1.62. The summed E-state index contributed by atoms with van der Waals surface area (Å²) >= 11 is 0. The normalized spacial score (nSPS) is 9.69. The van der Waals surface area contributed by atoms with E-state index in [9.17, 15) is 4.79 Å². The van der Waals surface area contributed by atoms with E-state index in [1.807, 2.05) is 6.07 Å². The van der Waals surface area contributed by atoms with Gasteiger partial charge in [0.25, 0.3) is 0 Å². The van der Waals surface area contributed by atoms with E-state index >= 15 is 0 Å². The maximum absolute atomic E-state index is 10.6. The van der Waals surface area contributed by atoms with Crippen molar-refractivity contribution in [3.63, 3.8) is 0 Å². The molecule has 2 heterocycles. The highest BCUT2D eigenvalue weighted by molar-refractivity contribution is 5.85. The summed E-state index contributed by atoms with van der Waals surface area (Å²) < 4.78 is 1.53. The number of carboxylic acid groups (broad SMARTS) is 1. The Morgan fingerprint density at radius 1 is 1.44 bits per heavy atom. The van der Waals surface area contributed by atoms with E-state index in [0.29, 0.717) is 5.69 Å². The number of imidazole rings is 1. The van der Waals surface area contributed by atoms with Gasteiger partial charge in [-0.25, -0.2) is 14.8 Å². The van der Waals surface area contributed by atoms with Crippen LogP contribution in [0.5, 0.6) is 0 Å². The average molecular weight is 214 g/mol.